The highest BCUT2D eigenvalue weighted by atomic mass is 35.5. The van der Waals surface area contributed by atoms with Gasteiger partial charge in [-0.25, -0.2) is 0 Å². The first-order valence-corrected chi connectivity index (χ1v) is 6.59. The van der Waals surface area contributed by atoms with Crippen LogP contribution in [0, 0.1) is 0 Å². The van der Waals surface area contributed by atoms with Crippen LogP contribution < -0.4 is 15.0 Å². The van der Waals surface area contributed by atoms with Gasteiger partial charge in [-0.05, 0) is 18.2 Å². The number of piperazine rings is 1. The fourth-order valence-corrected chi connectivity index (χ4v) is 2.33. The van der Waals surface area contributed by atoms with Crippen LogP contribution in [0.4, 0.5) is 0 Å². The van der Waals surface area contributed by atoms with E-state index in [9.17, 15) is 4.79 Å². The van der Waals surface area contributed by atoms with E-state index in [1.54, 1.807) is 18.2 Å². The standard InChI is InChI=1S/C12H14Cl2N2O2/c13-9-1-2-11(10(14)7-9)18-6-5-16-4-3-15-12(17)8-16/h1-2,7H,3-6,8H2,(H,15,17)/p+1. The van der Waals surface area contributed by atoms with Crippen LogP contribution in [0.2, 0.25) is 10.0 Å². The van der Waals surface area contributed by atoms with Crippen molar-refractivity contribution in [2.45, 2.75) is 0 Å². The number of hydrogen-bond acceptors (Lipinski definition) is 2. The number of carbonyl (C=O) groups is 1. The lowest BCUT2D eigenvalue weighted by Gasteiger charge is -2.23. The Balaban J connectivity index is 1.79. The smallest absolute Gasteiger partial charge is 0.275 e. The highest BCUT2D eigenvalue weighted by Crippen LogP contribution is 2.27. The molecular formula is C12H15Cl2N2O2+. The van der Waals surface area contributed by atoms with Crippen LogP contribution in [-0.4, -0.2) is 38.7 Å². The monoisotopic (exact) mass is 289 g/mol. The van der Waals surface area contributed by atoms with Crippen molar-refractivity contribution < 1.29 is 14.4 Å². The number of ether oxygens (including phenoxy) is 1. The quantitative estimate of drug-likeness (QED) is 0.842. The first-order chi connectivity index (χ1) is 8.65. The zero-order valence-electron chi connectivity index (χ0n) is 9.84. The molecule has 0 saturated carbocycles. The molecule has 0 aliphatic carbocycles. The second-order valence-corrected chi connectivity index (χ2v) is 5.04. The van der Waals surface area contributed by atoms with Crippen molar-refractivity contribution in [1.82, 2.24) is 5.32 Å². The summed E-state index contributed by atoms with van der Waals surface area (Å²) in [6.45, 7) is 3.49. The Morgan fingerprint density at radius 1 is 1.39 bits per heavy atom. The van der Waals surface area contributed by atoms with E-state index in [1.807, 2.05) is 0 Å². The first kappa shape index (κ1) is 13.5. The maximum absolute atomic E-state index is 11.2. The van der Waals surface area contributed by atoms with Crippen molar-refractivity contribution in [1.29, 1.82) is 0 Å². The third-order valence-corrected chi connectivity index (χ3v) is 3.35. The number of hydrogen-bond donors (Lipinski definition) is 2. The van der Waals surface area contributed by atoms with Crippen molar-refractivity contribution in [3.63, 3.8) is 0 Å². The first-order valence-electron chi connectivity index (χ1n) is 5.83. The van der Waals surface area contributed by atoms with Gasteiger partial charge in [-0.15, -0.1) is 0 Å². The maximum atomic E-state index is 11.2. The zero-order chi connectivity index (χ0) is 13.0. The largest absolute Gasteiger partial charge is 0.486 e. The lowest BCUT2D eigenvalue weighted by molar-refractivity contribution is -0.893. The minimum absolute atomic E-state index is 0.0979. The van der Waals surface area contributed by atoms with Crippen molar-refractivity contribution in [3.8, 4) is 5.75 Å². The second-order valence-electron chi connectivity index (χ2n) is 4.20. The maximum Gasteiger partial charge on any atom is 0.275 e. The van der Waals surface area contributed by atoms with Gasteiger partial charge in [-0.2, -0.15) is 0 Å². The van der Waals surface area contributed by atoms with Gasteiger partial charge in [0.15, 0.2) is 6.54 Å². The molecule has 4 nitrogen and oxygen atoms in total. The number of nitrogens with one attached hydrogen (secondary N) is 2. The van der Waals surface area contributed by atoms with E-state index in [4.69, 9.17) is 27.9 Å². The predicted octanol–water partition coefficient (Wildman–Crippen LogP) is 0.387. The molecule has 0 aromatic heterocycles. The molecule has 1 fully saturated rings. The van der Waals surface area contributed by atoms with Crippen LogP contribution >= 0.6 is 23.2 Å². The van der Waals surface area contributed by atoms with Gasteiger partial charge in [-0.1, -0.05) is 23.2 Å². The van der Waals surface area contributed by atoms with Crippen molar-refractivity contribution in [3.05, 3.63) is 28.2 Å². The summed E-state index contributed by atoms with van der Waals surface area (Å²) in [7, 11) is 0. The van der Waals surface area contributed by atoms with Crippen molar-refractivity contribution in [2.24, 2.45) is 0 Å². The van der Waals surface area contributed by atoms with E-state index in [0.29, 0.717) is 28.9 Å². The highest BCUT2D eigenvalue weighted by molar-refractivity contribution is 6.35. The van der Waals surface area contributed by atoms with Gasteiger partial charge in [0.2, 0.25) is 0 Å². The summed E-state index contributed by atoms with van der Waals surface area (Å²) < 4.78 is 5.59. The average molecular weight is 290 g/mol. The number of quaternary nitrogens is 1. The molecule has 2 rings (SSSR count). The minimum Gasteiger partial charge on any atom is -0.486 e. The molecule has 1 amide bonds. The van der Waals surface area contributed by atoms with Gasteiger partial charge < -0.3 is 15.0 Å². The molecule has 1 aromatic carbocycles. The fourth-order valence-electron chi connectivity index (χ4n) is 1.87. The lowest BCUT2D eigenvalue weighted by Crippen LogP contribution is -3.15. The van der Waals surface area contributed by atoms with Gasteiger partial charge in [0.1, 0.15) is 18.9 Å². The Hall–Kier alpha value is -0.970. The van der Waals surface area contributed by atoms with E-state index in [-0.39, 0.29) is 5.91 Å². The summed E-state index contributed by atoms with van der Waals surface area (Å²) >= 11 is 11.8. The van der Waals surface area contributed by atoms with Gasteiger partial charge in [0.25, 0.3) is 5.91 Å². The van der Waals surface area contributed by atoms with E-state index in [0.717, 1.165) is 19.6 Å². The van der Waals surface area contributed by atoms with Crippen LogP contribution in [0.5, 0.6) is 5.75 Å². The van der Waals surface area contributed by atoms with Crippen LogP contribution in [-0.2, 0) is 4.79 Å². The van der Waals surface area contributed by atoms with Crippen LogP contribution in [0.3, 0.4) is 0 Å². The molecule has 1 aliphatic heterocycles. The fraction of sp³-hybridized carbons (Fsp3) is 0.417. The van der Waals surface area contributed by atoms with Crippen molar-refractivity contribution in [2.75, 3.05) is 32.8 Å². The van der Waals surface area contributed by atoms with E-state index in [2.05, 4.69) is 5.32 Å². The Morgan fingerprint density at radius 2 is 2.22 bits per heavy atom. The highest BCUT2D eigenvalue weighted by Gasteiger charge is 2.19. The van der Waals surface area contributed by atoms with Gasteiger partial charge in [-0.3, -0.25) is 4.79 Å². The summed E-state index contributed by atoms with van der Waals surface area (Å²) in [4.78, 5) is 12.4. The van der Waals surface area contributed by atoms with Crippen LogP contribution in [0.25, 0.3) is 0 Å². The number of halogens is 2. The van der Waals surface area contributed by atoms with Gasteiger partial charge in [0.05, 0.1) is 18.1 Å². The third-order valence-electron chi connectivity index (χ3n) is 2.82. The molecule has 0 bridgehead atoms. The van der Waals surface area contributed by atoms with E-state index >= 15 is 0 Å². The summed E-state index contributed by atoms with van der Waals surface area (Å²) in [5, 5.41) is 3.90. The Morgan fingerprint density at radius 3 is 2.94 bits per heavy atom. The van der Waals surface area contributed by atoms with Crippen LogP contribution in [0.15, 0.2) is 18.2 Å². The van der Waals surface area contributed by atoms with Crippen molar-refractivity contribution >= 4 is 29.1 Å². The summed E-state index contributed by atoms with van der Waals surface area (Å²) in [6, 6.07) is 5.15. The summed E-state index contributed by atoms with van der Waals surface area (Å²) in [5.74, 6) is 0.725. The number of benzene rings is 1. The molecule has 1 aromatic rings. The molecule has 18 heavy (non-hydrogen) atoms. The third kappa shape index (κ3) is 3.77. The Labute approximate surface area is 116 Å². The molecule has 1 heterocycles. The number of rotatable bonds is 4. The average Bonchev–Trinajstić information content (AvgIpc) is 2.32. The molecule has 1 unspecified atom stereocenters. The lowest BCUT2D eigenvalue weighted by atomic mass is 10.3. The molecule has 6 heteroatoms. The normalized spacial score (nSPS) is 19.4. The van der Waals surface area contributed by atoms with E-state index < -0.39 is 0 Å². The Kier molecular flexibility index (Phi) is 4.69. The summed E-state index contributed by atoms with van der Waals surface area (Å²) in [6.07, 6.45) is 0. The molecule has 98 valence electrons. The predicted molar refractivity (Wildman–Crippen MR) is 70.5 cm³/mol. The number of carbonyl (C=O) groups excluding carboxylic acids is 1. The van der Waals surface area contributed by atoms with Crippen LogP contribution in [0.1, 0.15) is 0 Å². The SMILES string of the molecule is O=C1C[NH+](CCOc2ccc(Cl)cc2Cl)CCN1. The second kappa shape index (κ2) is 6.27. The van der Waals surface area contributed by atoms with E-state index in [1.165, 1.54) is 4.90 Å². The van der Waals surface area contributed by atoms with Gasteiger partial charge >= 0.3 is 0 Å². The van der Waals surface area contributed by atoms with Gasteiger partial charge in [0, 0.05) is 5.02 Å². The molecule has 1 saturated heterocycles. The molecule has 1 atom stereocenters. The molecular weight excluding hydrogens is 275 g/mol. The Bertz CT molecular complexity index is 440. The molecule has 0 spiro atoms. The molecule has 1 aliphatic rings. The topological polar surface area (TPSA) is 42.8 Å². The summed E-state index contributed by atoms with van der Waals surface area (Å²) in [5.41, 5.74) is 0. The zero-order valence-corrected chi connectivity index (χ0v) is 11.4. The molecule has 2 N–H and O–H groups in total. The number of amides is 1. The molecule has 0 radical (unpaired) electrons. The minimum atomic E-state index is 0.0979.